The third-order valence-electron chi connectivity index (χ3n) is 3.74. The van der Waals surface area contributed by atoms with Crippen LogP contribution in [0.4, 0.5) is 0 Å². The zero-order chi connectivity index (χ0) is 16.5. The molecule has 5 heteroatoms. The number of guanidine groups is 1. The van der Waals surface area contributed by atoms with E-state index in [9.17, 15) is 0 Å². The Kier molecular flexibility index (Phi) is 9.41. The number of ether oxygens (including phenoxy) is 1. The molecule has 0 aliphatic heterocycles. The van der Waals surface area contributed by atoms with Crippen molar-refractivity contribution in [3.8, 4) is 0 Å². The lowest BCUT2D eigenvalue weighted by atomic mass is 10.1. The summed E-state index contributed by atoms with van der Waals surface area (Å²) in [5.41, 5.74) is 3.63. The minimum Gasteiger partial charge on any atom is -0.380 e. The first-order valence-corrected chi connectivity index (χ1v) is 7.82. The maximum absolute atomic E-state index is 5.25. The summed E-state index contributed by atoms with van der Waals surface area (Å²) >= 11 is 0. The van der Waals surface area contributed by atoms with Gasteiger partial charge in [-0.05, 0) is 23.6 Å². The van der Waals surface area contributed by atoms with Gasteiger partial charge in [-0.25, -0.2) is 0 Å². The van der Waals surface area contributed by atoms with E-state index in [0.29, 0.717) is 13.2 Å². The van der Waals surface area contributed by atoms with Crippen LogP contribution in [0, 0.1) is 0 Å². The SMILES string of the molecule is CN=C(NCc1ccccc1COC)NC(C)c1ccccc1.I. The fourth-order valence-corrected chi connectivity index (χ4v) is 2.43. The van der Waals surface area contributed by atoms with E-state index in [2.05, 4.69) is 46.8 Å². The van der Waals surface area contributed by atoms with Gasteiger partial charge in [0.05, 0.1) is 12.6 Å². The third-order valence-corrected chi connectivity index (χ3v) is 3.74. The van der Waals surface area contributed by atoms with E-state index in [1.165, 1.54) is 16.7 Å². The van der Waals surface area contributed by atoms with Crippen LogP contribution in [0.3, 0.4) is 0 Å². The van der Waals surface area contributed by atoms with E-state index < -0.39 is 0 Å². The number of nitrogens with zero attached hydrogens (tertiary/aromatic N) is 1. The van der Waals surface area contributed by atoms with E-state index in [1.807, 2.05) is 30.3 Å². The Morgan fingerprint density at radius 2 is 1.67 bits per heavy atom. The molecule has 0 radical (unpaired) electrons. The van der Waals surface area contributed by atoms with Crippen molar-refractivity contribution in [1.29, 1.82) is 0 Å². The number of benzene rings is 2. The molecular weight excluding hydrogens is 413 g/mol. The molecule has 2 rings (SSSR count). The van der Waals surface area contributed by atoms with E-state index in [-0.39, 0.29) is 30.0 Å². The van der Waals surface area contributed by atoms with Gasteiger partial charge in [0.25, 0.3) is 0 Å². The molecule has 1 atom stereocenters. The van der Waals surface area contributed by atoms with Crippen molar-refractivity contribution in [3.05, 3.63) is 71.3 Å². The highest BCUT2D eigenvalue weighted by atomic mass is 127. The molecule has 130 valence electrons. The molecule has 0 aromatic heterocycles. The van der Waals surface area contributed by atoms with Crippen LogP contribution in [0.2, 0.25) is 0 Å². The van der Waals surface area contributed by atoms with Crippen molar-refractivity contribution in [1.82, 2.24) is 10.6 Å². The zero-order valence-corrected chi connectivity index (χ0v) is 16.8. The van der Waals surface area contributed by atoms with E-state index in [4.69, 9.17) is 4.74 Å². The summed E-state index contributed by atoms with van der Waals surface area (Å²) in [6.07, 6.45) is 0. The molecule has 0 bridgehead atoms. The molecule has 2 aromatic carbocycles. The van der Waals surface area contributed by atoms with Gasteiger partial charge in [-0.2, -0.15) is 0 Å². The highest BCUT2D eigenvalue weighted by molar-refractivity contribution is 14.0. The van der Waals surface area contributed by atoms with Gasteiger partial charge in [-0.15, -0.1) is 24.0 Å². The average molecular weight is 439 g/mol. The zero-order valence-electron chi connectivity index (χ0n) is 14.5. The number of aliphatic imine (C=N–C) groups is 1. The van der Waals surface area contributed by atoms with Crippen LogP contribution in [-0.4, -0.2) is 20.1 Å². The Morgan fingerprint density at radius 1 is 1.04 bits per heavy atom. The van der Waals surface area contributed by atoms with Gasteiger partial charge in [-0.1, -0.05) is 54.6 Å². The maximum Gasteiger partial charge on any atom is 0.191 e. The van der Waals surface area contributed by atoms with Gasteiger partial charge in [0.15, 0.2) is 5.96 Å². The Hall–Kier alpha value is -1.60. The van der Waals surface area contributed by atoms with Crippen LogP contribution in [0.1, 0.15) is 29.7 Å². The lowest BCUT2D eigenvalue weighted by Crippen LogP contribution is -2.38. The Bertz CT molecular complexity index is 632. The molecule has 2 aromatic rings. The summed E-state index contributed by atoms with van der Waals surface area (Å²) in [7, 11) is 3.50. The second kappa shape index (κ2) is 11.0. The smallest absolute Gasteiger partial charge is 0.191 e. The van der Waals surface area contributed by atoms with Crippen LogP contribution in [0.5, 0.6) is 0 Å². The van der Waals surface area contributed by atoms with Gasteiger partial charge >= 0.3 is 0 Å². The molecule has 0 spiro atoms. The van der Waals surface area contributed by atoms with Gasteiger partial charge in [0.2, 0.25) is 0 Å². The molecule has 0 aliphatic carbocycles. The highest BCUT2D eigenvalue weighted by Crippen LogP contribution is 2.12. The van der Waals surface area contributed by atoms with Gasteiger partial charge in [0, 0.05) is 20.7 Å². The maximum atomic E-state index is 5.25. The molecule has 0 saturated carbocycles. The molecule has 0 heterocycles. The van der Waals surface area contributed by atoms with Crippen LogP contribution >= 0.6 is 24.0 Å². The second-order valence-corrected chi connectivity index (χ2v) is 5.40. The molecule has 2 N–H and O–H groups in total. The molecule has 0 amide bonds. The predicted octanol–water partition coefficient (Wildman–Crippen LogP) is 3.88. The Labute approximate surface area is 161 Å². The average Bonchev–Trinajstić information content (AvgIpc) is 2.60. The molecule has 24 heavy (non-hydrogen) atoms. The summed E-state index contributed by atoms with van der Waals surface area (Å²) in [4.78, 5) is 4.31. The standard InChI is InChI=1S/C19H25N3O.HI/c1-15(16-9-5-4-6-10-16)22-19(20-2)21-13-17-11-7-8-12-18(17)14-23-3;/h4-12,15H,13-14H2,1-3H3,(H2,20,21,22);1H. The lowest BCUT2D eigenvalue weighted by Gasteiger charge is -2.19. The third kappa shape index (κ3) is 6.13. The van der Waals surface area contributed by atoms with Crippen molar-refractivity contribution in [2.45, 2.75) is 26.1 Å². The van der Waals surface area contributed by atoms with Crippen molar-refractivity contribution in [2.75, 3.05) is 14.2 Å². The minimum absolute atomic E-state index is 0. The Morgan fingerprint density at radius 3 is 2.29 bits per heavy atom. The van der Waals surface area contributed by atoms with Gasteiger partial charge < -0.3 is 15.4 Å². The molecule has 1 unspecified atom stereocenters. The second-order valence-electron chi connectivity index (χ2n) is 5.40. The van der Waals surface area contributed by atoms with Crippen LogP contribution < -0.4 is 10.6 Å². The van der Waals surface area contributed by atoms with Crippen LogP contribution in [-0.2, 0) is 17.9 Å². The van der Waals surface area contributed by atoms with Crippen molar-refractivity contribution in [3.63, 3.8) is 0 Å². The largest absolute Gasteiger partial charge is 0.380 e. The summed E-state index contributed by atoms with van der Waals surface area (Å²) in [5.74, 6) is 0.786. The van der Waals surface area contributed by atoms with Crippen molar-refractivity contribution in [2.24, 2.45) is 4.99 Å². The van der Waals surface area contributed by atoms with Gasteiger partial charge in [-0.3, -0.25) is 4.99 Å². The summed E-state index contributed by atoms with van der Waals surface area (Å²) in [5, 5.41) is 6.78. The molecule has 0 fully saturated rings. The summed E-state index contributed by atoms with van der Waals surface area (Å²) in [6, 6.07) is 18.8. The topological polar surface area (TPSA) is 45.7 Å². The first-order valence-electron chi connectivity index (χ1n) is 7.82. The monoisotopic (exact) mass is 439 g/mol. The molecular formula is C19H26IN3O. The summed E-state index contributed by atoms with van der Waals surface area (Å²) < 4.78 is 5.25. The number of methoxy groups -OCH3 is 1. The molecule has 0 saturated heterocycles. The van der Waals surface area contributed by atoms with Crippen molar-refractivity contribution < 1.29 is 4.74 Å². The van der Waals surface area contributed by atoms with Crippen LogP contribution in [0.25, 0.3) is 0 Å². The highest BCUT2D eigenvalue weighted by Gasteiger charge is 2.08. The number of rotatable bonds is 6. The fraction of sp³-hybridized carbons (Fsp3) is 0.316. The Balaban J connectivity index is 0.00000288. The van der Waals surface area contributed by atoms with E-state index >= 15 is 0 Å². The number of hydrogen-bond acceptors (Lipinski definition) is 2. The number of halogens is 1. The minimum atomic E-state index is 0. The molecule has 0 aliphatic rings. The van der Waals surface area contributed by atoms with Crippen molar-refractivity contribution >= 4 is 29.9 Å². The van der Waals surface area contributed by atoms with E-state index in [0.717, 1.165) is 5.96 Å². The quantitative estimate of drug-likeness (QED) is 0.408. The first kappa shape index (κ1) is 20.4. The predicted molar refractivity (Wildman–Crippen MR) is 111 cm³/mol. The first-order chi connectivity index (χ1) is 11.2. The number of hydrogen-bond donors (Lipinski definition) is 2. The lowest BCUT2D eigenvalue weighted by molar-refractivity contribution is 0.184. The number of nitrogens with one attached hydrogen (secondary N) is 2. The van der Waals surface area contributed by atoms with E-state index in [1.54, 1.807) is 14.2 Å². The fourth-order valence-electron chi connectivity index (χ4n) is 2.43. The van der Waals surface area contributed by atoms with Crippen LogP contribution in [0.15, 0.2) is 59.6 Å². The van der Waals surface area contributed by atoms with Gasteiger partial charge in [0.1, 0.15) is 0 Å². The normalized spacial score (nSPS) is 12.2. The molecule has 4 nitrogen and oxygen atoms in total. The summed E-state index contributed by atoms with van der Waals surface area (Å²) in [6.45, 7) is 3.45.